The molecule has 1 aliphatic rings. The lowest BCUT2D eigenvalue weighted by atomic mass is 9.81. The molecule has 0 bridgehead atoms. The molecule has 0 aliphatic carbocycles. The van der Waals surface area contributed by atoms with Gasteiger partial charge in [-0.1, -0.05) is 19.0 Å². The molecule has 0 aromatic carbocycles. The number of aliphatic hydroxyl groups is 1. The SMILES string of the molecule is Cc1csc(C(=O)OCCO)c1NC(=O)C[N+]1(CC(=O)Nc2ccon2)CCC(C)(C)CC1. The number of aryl methyl sites for hydroxylation is 1. The number of carbonyl (C=O) groups is 3. The number of aromatic nitrogens is 1. The summed E-state index contributed by atoms with van der Waals surface area (Å²) in [5, 5.41) is 20.0. The van der Waals surface area contributed by atoms with E-state index in [0.29, 0.717) is 29.1 Å². The normalized spacial score (nSPS) is 16.7. The number of piperidine rings is 1. The zero-order valence-corrected chi connectivity index (χ0v) is 20.0. The van der Waals surface area contributed by atoms with Crippen molar-refractivity contribution >= 4 is 40.6 Å². The van der Waals surface area contributed by atoms with Gasteiger partial charge < -0.3 is 29.5 Å². The smallest absolute Gasteiger partial charge is 0.350 e. The fourth-order valence-corrected chi connectivity index (χ4v) is 4.79. The lowest BCUT2D eigenvalue weighted by Crippen LogP contribution is -2.60. The number of carbonyl (C=O) groups excluding carboxylic acids is 3. The number of nitrogens with one attached hydrogen (secondary N) is 2. The fourth-order valence-electron chi connectivity index (χ4n) is 3.89. The van der Waals surface area contributed by atoms with Gasteiger partial charge in [-0.25, -0.2) is 4.79 Å². The number of amides is 2. The van der Waals surface area contributed by atoms with E-state index in [1.54, 1.807) is 18.4 Å². The maximum atomic E-state index is 13.1. The number of likely N-dealkylation sites (tertiary alicyclic amines) is 1. The van der Waals surface area contributed by atoms with Gasteiger partial charge >= 0.3 is 5.97 Å². The van der Waals surface area contributed by atoms with Crippen LogP contribution in [0.15, 0.2) is 22.2 Å². The molecule has 1 saturated heterocycles. The van der Waals surface area contributed by atoms with Crippen LogP contribution in [0.25, 0.3) is 0 Å². The number of rotatable bonds is 9. The van der Waals surface area contributed by atoms with E-state index >= 15 is 0 Å². The number of quaternary nitrogens is 1. The van der Waals surface area contributed by atoms with Crippen LogP contribution in [0.5, 0.6) is 0 Å². The molecule has 33 heavy (non-hydrogen) atoms. The van der Waals surface area contributed by atoms with Gasteiger partial charge in [0.15, 0.2) is 18.9 Å². The standard InChI is InChI=1S/C22H30N4O6S/c1-15-14-33-20(21(30)31-11-9-27)19(15)24-18(29)13-26(7-5-22(2,3)6-8-26)12-17(28)23-16-4-10-32-25-16/h4,10,14,27H,5-9,11-13H2,1-3H3,(H-,23,24,25,28,29,30)/p+1. The second kappa shape index (κ2) is 10.4. The lowest BCUT2D eigenvalue weighted by Gasteiger charge is -2.45. The zero-order chi connectivity index (χ0) is 24.1. The molecule has 11 heteroatoms. The second-order valence-electron chi connectivity index (χ2n) is 9.23. The molecule has 0 saturated carbocycles. The summed E-state index contributed by atoms with van der Waals surface area (Å²) < 4.78 is 10.1. The Kier molecular flexibility index (Phi) is 7.88. The highest BCUT2D eigenvalue weighted by Crippen LogP contribution is 2.34. The lowest BCUT2D eigenvalue weighted by molar-refractivity contribution is -0.919. The van der Waals surface area contributed by atoms with Gasteiger partial charge in [-0.05, 0) is 23.3 Å². The van der Waals surface area contributed by atoms with Crippen LogP contribution in [0.1, 0.15) is 41.9 Å². The van der Waals surface area contributed by atoms with Crippen molar-refractivity contribution in [1.29, 1.82) is 0 Å². The second-order valence-corrected chi connectivity index (χ2v) is 10.1. The van der Waals surface area contributed by atoms with Crippen LogP contribution < -0.4 is 10.6 Å². The van der Waals surface area contributed by atoms with Crippen molar-refractivity contribution < 1.29 is 33.2 Å². The van der Waals surface area contributed by atoms with Gasteiger partial charge in [0.2, 0.25) is 0 Å². The van der Waals surface area contributed by atoms with E-state index in [1.807, 2.05) is 0 Å². The Balaban J connectivity index is 1.72. The number of thiophene rings is 1. The molecule has 2 amide bonds. The number of esters is 1. The van der Waals surface area contributed by atoms with Crippen molar-refractivity contribution in [3.8, 4) is 0 Å². The average Bonchev–Trinajstić information content (AvgIpc) is 3.38. The number of ether oxygens (including phenoxy) is 1. The van der Waals surface area contributed by atoms with Crippen molar-refractivity contribution in [3.63, 3.8) is 0 Å². The Labute approximate surface area is 196 Å². The molecule has 3 rings (SSSR count). The van der Waals surface area contributed by atoms with Crippen molar-refractivity contribution in [2.75, 3.05) is 50.0 Å². The molecular formula is C22H31N4O6S+. The summed E-state index contributed by atoms with van der Waals surface area (Å²) in [5.41, 5.74) is 1.31. The summed E-state index contributed by atoms with van der Waals surface area (Å²) >= 11 is 1.18. The van der Waals surface area contributed by atoms with Gasteiger partial charge in [-0.15, -0.1) is 11.3 Å². The minimum atomic E-state index is -0.590. The molecule has 10 nitrogen and oxygen atoms in total. The molecular weight excluding hydrogens is 448 g/mol. The molecule has 0 atom stereocenters. The number of hydrogen-bond acceptors (Lipinski definition) is 8. The van der Waals surface area contributed by atoms with Crippen molar-refractivity contribution in [1.82, 2.24) is 5.16 Å². The first-order chi connectivity index (χ1) is 15.6. The molecule has 3 N–H and O–H groups in total. The van der Waals surface area contributed by atoms with Crippen LogP contribution in [0, 0.1) is 12.3 Å². The van der Waals surface area contributed by atoms with E-state index in [1.165, 1.54) is 17.6 Å². The molecule has 2 aromatic rings. The maximum absolute atomic E-state index is 13.1. The van der Waals surface area contributed by atoms with Gasteiger partial charge in [0.25, 0.3) is 11.8 Å². The van der Waals surface area contributed by atoms with E-state index in [4.69, 9.17) is 14.4 Å². The molecule has 1 aliphatic heterocycles. The van der Waals surface area contributed by atoms with Crippen LogP contribution in [-0.2, 0) is 14.3 Å². The minimum absolute atomic E-state index is 0.0999. The minimum Gasteiger partial charge on any atom is -0.459 e. The van der Waals surface area contributed by atoms with Crippen molar-refractivity contribution in [3.05, 3.63) is 28.2 Å². The van der Waals surface area contributed by atoms with Crippen LogP contribution in [-0.4, -0.2) is 71.9 Å². The molecule has 2 aromatic heterocycles. The highest BCUT2D eigenvalue weighted by molar-refractivity contribution is 7.12. The molecule has 3 heterocycles. The number of nitrogens with zero attached hydrogens (tertiary/aromatic N) is 2. The van der Waals surface area contributed by atoms with E-state index in [2.05, 4.69) is 29.6 Å². The molecule has 1 fully saturated rings. The zero-order valence-electron chi connectivity index (χ0n) is 19.2. The topological polar surface area (TPSA) is 131 Å². The third kappa shape index (κ3) is 6.62. The first-order valence-electron chi connectivity index (χ1n) is 10.8. The third-order valence-corrected chi connectivity index (χ3v) is 7.02. The summed E-state index contributed by atoms with van der Waals surface area (Å²) in [4.78, 5) is 38.4. The van der Waals surface area contributed by atoms with Crippen molar-refractivity contribution in [2.24, 2.45) is 5.41 Å². The predicted octanol–water partition coefficient (Wildman–Crippen LogP) is 2.41. The Morgan fingerprint density at radius 2 is 1.88 bits per heavy atom. The Bertz CT molecular complexity index is 975. The summed E-state index contributed by atoms with van der Waals surface area (Å²) in [6, 6.07) is 1.56. The van der Waals surface area contributed by atoms with E-state index in [-0.39, 0.29) is 48.4 Å². The summed E-state index contributed by atoms with van der Waals surface area (Å²) in [6.45, 7) is 7.39. The quantitative estimate of drug-likeness (QED) is 0.372. The first kappa shape index (κ1) is 24.9. The van der Waals surface area contributed by atoms with Crippen LogP contribution in [0.2, 0.25) is 0 Å². The van der Waals surface area contributed by atoms with Crippen LogP contribution in [0.3, 0.4) is 0 Å². The summed E-state index contributed by atoms with van der Waals surface area (Å²) in [7, 11) is 0. The number of anilines is 2. The van der Waals surface area contributed by atoms with Crippen LogP contribution in [0.4, 0.5) is 11.5 Å². The van der Waals surface area contributed by atoms with Crippen molar-refractivity contribution in [2.45, 2.75) is 33.6 Å². The fraction of sp³-hybridized carbons (Fsp3) is 0.545. The number of aliphatic hydroxyl groups excluding tert-OH is 1. The third-order valence-electron chi connectivity index (χ3n) is 5.94. The Morgan fingerprint density at radius 3 is 2.48 bits per heavy atom. The summed E-state index contributed by atoms with van der Waals surface area (Å²) in [5.74, 6) is -0.772. The van der Waals surface area contributed by atoms with E-state index < -0.39 is 5.97 Å². The van der Waals surface area contributed by atoms with Gasteiger partial charge in [0.1, 0.15) is 17.7 Å². The highest BCUT2D eigenvalue weighted by Gasteiger charge is 2.41. The van der Waals surface area contributed by atoms with Gasteiger partial charge in [-0.3, -0.25) is 9.59 Å². The molecule has 0 radical (unpaired) electrons. The average molecular weight is 480 g/mol. The first-order valence-corrected chi connectivity index (χ1v) is 11.7. The Morgan fingerprint density at radius 1 is 1.21 bits per heavy atom. The van der Waals surface area contributed by atoms with E-state index in [0.717, 1.165) is 18.4 Å². The Hall–Kier alpha value is -2.76. The largest absolute Gasteiger partial charge is 0.459 e. The van der Waals surface area contributed by atoms with Crippen LogP contribution >= 0.6 is 11.3 Å². The highest BCUT2D eigenvalue weighted by atomic mass is 32.1. The summed E-state index contributed by atoms with van der Waals surface area (Å²) in [6.07, 6.45) is 3.14. The number of hydrogen-bond donors (Lipinski definition) is 3. The maximum Gasteiger partial charge on any atom is 0.350 e. The van der Waals surface area contributed by atoms with Gasteiger partial charge in [-0.2, -0.15) is 0 Å². The molecule has 0 spiro atoms. The van der Waals surface area contributed by atoms with E-state index in [9.17, 15) is 14.4 Å². The monoisotopic (exact) mass is 479 g/mol. The predicted molar refractivity (Wildman–Crippen MR) is 123 cm³/mol. The molecule has 180 valence electrons. The van der Waals surface area contributed by atoms with Gasteiger partial charge in [0, 0.05) is 18.9 Å². The molecule has 0 unspecified atom stereocenters. The van der Waals surface area contributed by atoms with Gasteiger partial charge in [0.05, 0.1) is 25.4 Å².